The third-order valence-corrected chi connectivity index (χ3v) is 3.70. The topological polar surface area (TPSA) is 100 Å². The highest BCUT2D eigenvalue weighted by Crippen LogP contribution is 2.43. The molecule has 2 aromatic carbocycles. The van der Waals surface area contributed by atoms with E-state index in [0.717, 1.165) is 0 Å². The predicted molar refractivity (Wildman–Crippen MR) is 77.2 cm³/mol. The number of ether oxygens (including phenoxy) is 1. The summed E-state index contributed by atoms with van der Waals surface area (Å²) >= 11 is 0. The number of hydrogen-bond donors (Lipinski definition) is 3. The first-order valence-corrected chi connectivity index (χ1v) is 6.53. The number of phenols is 3. The van der Waals surface area contributed by atoms with Gasteiger partial charge >= 0.3 is 0 Å². The molecule has 1 aliphatic heterocycles. The number of rotatable bonds is 0. The van der Waals surface area contributed by atoms with Crippen LogP contribution in [0.5, 0.6) is 23.0 Å². The summed E-state index contributed by atoms with van der Waals surface area (Å²) in [6.45, 7) is -0.0447. The quantitative estimate of drug-likeness (QED) is 0.551. The monoisotopic (exact) mass is 298 g/mol. The Kier molecular flexibility index (Phi) is 2.39. The van der Waals surface area contributed by atoms with Gasteiger partial charge in [0.1, 0.15) is 17.9 Å². The van der Waals surface area contributed by atoms with Crippen molar-refractivity contribution < 1.29 is 24.5 Å². The van der Waals surface area contributed by atoms with Gasteiger partial charge in [0.05, 0.1) is 5.39 Å². The molecule has 4 rings (SSSR count). The lowest BCUT2D eigenvalue weighted by Crippen LogP contribution is -2.14. The Morgan fingerprint density at radius 3 is 2.68 bits per heavy atom. The van der Waals surface area contributed by atoms with Gasteiger partial charge in [-0.3, -0.25) is 4.79 Å². The van der Waals surface area contributed by atoms with Crippen LogP contribution in [0.3, 0.4) is 0 Å². The average Bonchev–Trinajstić information content (AvgIpc) is 2.50. The molecular formula is C16H10O6. The second-order valence-electron chi connectivity index (χ2n) is 5.02. The van der Waals surface area contributed by atoms with Crippen molar-refractivity contribution in [2.45, 2.75) is 6.61 Å². The van der Waals surface area contributed by atoms with Gasteiger partial charge in [0.25, 0.3) is 0 Å². The molecule has 0 aliphatic carbocycles. The zero-order valence-electron chi connectivity index (χ0n) is 11.2. The molecule has 2 heterocycles. The summed E-state index contributed by atoms with van der Waals surface area (Å²) in [6, 6.07) is 7.06. The van der Waals surface area contributed by atoms with E-state index in [0.29, 0.717) is 16.5 Å². The lowest BCUT2D eigenvalue weighted by atomic mass is 10.00. The van der Waals surface area contributed by atoms with Gasteiger partial charge in [-0.15, -0.1) is 0 Å². The highest BCUT2D eigenvalue weighted by molar-refractivity contribution is 5.84. The Bertz CT molecular complexity index is 986. The number of phenolic OH excluding ortho intramolecular Hbond substituents is 3. The molecule has 1 aromatic heterocycles. The van der Waals surface area contributed by atoms with Crippen molar-refractivity contribution in [1.82, 2.24) is 0 Å². The van der Waals surface area contributed by atoms with E-state index in [4.69, 9.17) is 9.15 Å². The summed E-state index contributed by atoms with van der Waals surface area (Å²) in [5, 5.41) is 29.3. The predicted octanol–water partition coefficient (Wildman–Crippen LogP) is 2.47. The van der Waals surface area contributed by atoms with Crippen LogP contribution < -0.4 is 10.2 Å². The van der Waals surface area contributed by atoms with Crippen LogP contribution in [0.15, 0.2) is 39.5 Å². The molecule has 0 saturated carbocycles. The van der Waals surface area contributed by atoms with Crippen LogP contribution in [0.25, 0.3) is 22.3 Å². The van der Waals surface area contributed by atoms with Crippen LogP contribution in [0.1, 0.15) is 5.56 Å². The minimum absolute atomic E-state index is 0.0268. The molecule has 6 nitrogen and oxygen atoms in total. The van der Waals surface area contributed by atoms with E-state index in [1.54, 1.807) is 6.07 Å². The first kappa shape index (κ1) is 12.6. The minimum atomic E-state index is -0.352. The molecule has 110 valence electrons. The van der Waals surface area contributed by atoms with Crippen LogP contribution in [-0.4, -0.2) is 15.3 Å². The Balaban J connectivity index is 2.11. The van der Waals surface area contributed by atoms with E-state index < -0.39 is 0 Å². The SMILES string of the molecule is O=c1c2c(oc3cc(O)ccc13)-c1ccc(O)c(O)c1CO2. The summed E-state index contributed by atoms with van der Waals surface area (Å²) in [5.74, 6) is -0.384. The summed E-state index contributed by atoms with van der Waals surface area (Å²) in [4.78, 5) is 12.5. The van der Waals surface area contributed by atoms with E-state index in [2.05, 4.69) is 0 Å². The van der Waals surface area contributed by atoms with Gasteiger partial charge < -0.3 is 24.5 Å². The first-order chi connectivity index (χ1) is 10.6. The summed E-state index contributed by atoms with van der Waals surface area (Å²) in [5.41, 5.74) is 0.677. The molecule has 1 aliphatic rings. The number of aromatic hydroxyl groups is 3. The van der Waals surface area contributed by atoms with E-state index in [1.165, 1.54) is 24.3 Å². The molecule has 0 bridgehead atoms. The Labute approximate surface area is 123 Å². The lowest BCUT2D eigenvalue weighted by molar-refractivity contribution is 0.280. The van der Waals surface area contributed by atoms with Crippen molar-refractivity contribution in [3.8, 4) is 34.3 Å². The largest absolute Gasteiger partial charge is 0.508 e. The van der Waals surface area contributed by atoms with Crippen molar-refractivity contribution in [2.75, 3.05) is 0 Å². The average molecular weight is 298 g/mol. The van der Waals surface area contributed by atoms with E-state index in [1.807, 2.05) is 0 Å². The first-order valence-electron chi connectivity index (χ1n) is 6.53. The number of fused-ring (bicyclic) bond motifs is 4. The van der Waals surface area contributed by atoms with Crippen molar-refractivity contribution in [3.05, 3.63) is 46.1 Å². The summed E-state index contributed by atoms with van der Waals surface area (Å²) in [6.07, 6.45) is 0. The Morgan fingerprint density at radius 1 is 1.05 bits per heavy atom. The third-order valence-electron chi connectivity index (χ3n) is 3.70. The minimum Gasteiger partial charge on any atom is -0.508 e. The van der Waals surface area contributed by atoms with Crippen molar-refractivity contribution in [3.63, 3.8) is 0 Å². The highest BCUT2D eigenvalue weighted by Gasteiger charge is 2.27. The highest BCUT2D eigenvalue weighted by atomic mass is 16.5. The molecule has 0 radical (unpaired) electrons. The normalized spacial score (nSPS) is 12.5. The zero-order valence-corrected chi connectivity index (χ0v) is 11.2. The van der Waals surface area contributed by atoms with E-state index in [-0.39, 0.29) is 46.4 Å². The van der Waals surface area contributed by atoms with Crippen molar-refractivity contribution >= 4 is 11.0 Å². The summed E-state index contributed by atoms with van der Waals surface area (Å²) in [7, 11) is 0. The molecule has 0 unspecified atom stereocenters. The number of hydrogen-bond acceptors (Lipinski definition) is 6. The van der Waals surface area contributed by atoms with Gasteiger partial charge in [0.15, 0.2) is 17.3 Å². The molecule has 3 aromatic rings. The van der Waals surface area contributed by atoms with Gasteiger partial charge in [0.2, 0.25) is 11.2 Å². The summed E-state index contributed by atoms with van der Waals surface area (Å²) < 4.78 is 11.1. The van der Waals surface area contributed by atoms with Crippen LogP contribution in [0, 0.1) is 0 Å². The Morgan fingerprint density at radius 2 is 1.86 bits per heavy atom. The molecule has 22 heavy (non-hydrogen) atoms. The molecule has 6 heteroatoms. The molecule has 3 N–H and O–H groups in total. The number of benzene rings is 2. The lowest BCUT2D eigenvalue weighted by Gasteiger charge is -2.20. The maximum atomic E-state index is 12.5. The van der Waals surface area contributed by atoms with Crippen LogP contribution in [0.4, 0.5) is 0 Å². The molecule has 0 saturated heterocycles. The van der Waals surface area contributed by atoms with Crippen molar-refractivity contribution in [2.24, 2.45) is 0 Å². The maximum Gasteiger partial charge on any atom is 0.235 e. The molecular weight excluding hydrogens is 288 g/mol. The second kappa shape index (κ2) is 4.17. The van der Waals surface area contributed by atoms with Crippen LogP contribution in [0.2, 0.25) is 0 Å². The third kappa shape index (κ3) is 1.57. The van der Waals surface area contributed by atoms with Gasteiger partial charge in [-0.05, 0) is 24.3 Å². The van der Waals surface area contributed by atoms with Crippen molar-refractivity contribution in [1.29, 1.82) is 0 Å². The molecule has 0 atom stereocenters. The van der Waals surface area contributed by atoms with Gasteiger partial charge in [-0.1, -0.05) is 0 Å². The fourth-order valence-electron chi connectivity index (χ4n) is 2.60. The van der Waals surface area contributed by atoms with Crippen LogP contribution >= 0.6 is 0 Å². The standard InChI is InChI=1S/C16H10O6/c17-7-1-2-9-12(5-7)22-15-8-3-4-11(18)13(19)10(8)6-21-16(15)14(9)20/h1-5,17-19H,6H2. The van der Waals surface area contributed by atoms with E-state index >= 15 is 0 Å². The van der Waals surface area contributed by atoms with Crippen LogP contribution in [-0.2, 0) is 6.61 Å². The Hall–Kier alpha value is -3.15. The molecule has 0 fully saturated rings. The fraction of sp³-hybridized carbons (Fsp3) is 0.0625. The molecule has 0 amide bonds. The fourth-order valence-corrected chi connectivity index (χ4v) is 2.60. The van der Waals surface area contributed by atoms with Gasteiger partial charge in [-0.25, -0.2) is 0 Å². The van der Waals surface area contributed by atoms with E-state index in [9.17, 15) is 20.1 Å². The van der Waals surface area contributed by atoms with Gasteiger partial charge in [-0.2, -0.15) is 0 Å². The second-order valence-corrected chi connectivity index (χ2v) is 5.02. The van der Waals surface area contributed by atoms with Gasteiger partial charge in [0, 0.05) is 17.2 Å². The maximum absolute atomic E-state index is 12.5. The zero-order chi connectivity index (χ0) is 15.4. The molecule has 0 spiro atoms. The smallest absolute Gasteiger partial charge is 0.235 e.